The van der Waals surface area contributed by atoms with Crippen molar-refractivity contribution >= 4 is 27.5 Å². The second kappa shape index (κ2) is 12.9. The van der Waals surface area contributed by atoms with Gasteiger partial charge in [-0.2, -0.15) is 0 Å². The minimum atomic E-state index is -0.363. The highest BCUT2D eigenvalue weighted by Crippen LogP contribution is 2.25. The van der Waals surface area contributed by atoms with Gasteiger partial charge in [0.15, 0.2) is 11.6 Å². The molecule has 4 aromatic carbocycles. The van der Waals surface area contributed by atoms with Crippen LogP contribution in [-0.2, 0) is 5.33 Å². The van der Waals surface area contributed by atoms with Crippen molar-refractivity contribution in [3.8, 4) is 11.5 Å². The monoisotopic (exact) mass is 566 g/mol. The SMILES string of the molecule is COc1ccc(C)cc1C(=O)c1ccc(F)cc1.COc1ccc(CBr)cc1C(=O)c1ccc(F)cc1. The third kappa shape index (κ3) is 7.11. The Morgan fingerprint density at radius 1 is 0.676 bits per heavy atom. The molecule has 4 nitrogen and oxygen atoms in total. The van der Waals surface area contributed by atoms with E-state index in [2.05, 4.69) is 15.9 Å². The average molecular weight is 567 g/mol. The average Bonchev–Trinajstić information content (AvgIpc) is 2.93. The summed E-state index contributed by atoms with van der Waals surface area (Å²) in [5, 5.41) is 0.653. The smallest absolute Gasteiger partial charge is 0.196 e. The lowest BCUT2D eigenvalue weighted by atomic mass is 10.0. The number of benzene rings is 4. The van der Waals surface area contributed by atoms with Crippen LogP contribution < -0.4 is 9.47 Å². The number of carbonyl (C=O) groups excluding carboxylic acids is 2. The van der Waals surface area contributed by atoms with Crippen LogP contribution in [0.2, 0.25) is 0 Å². The molecule has 0 aliphatic carbocycles. The molecule has 37 heavy (non-hydrogen) atoms. The first-order chi connectivity index (χ1) is 17.8. The molecule has 0 spiro atoms. The van der Waals surface area contributed by atoms with Gasteiger partial charge in [-0.05, 0) is 85.3 Å². The number of ketones is 2. The highest BCUT2D eigenvalue weighted by molar-refractivity contribution is 9.08. The van der Waals surface area contributed by atoms with Crippen molar-refractivity contribution in [2.45, 2.75) is 12.3 Å². The van der Waals surface area contributed by atoms with Crippen LogP contribution >= 0.6 is 15.9 Å². The predicted molar refractivity (Wildman–Crippen MR) is 143 cm³/mol. The van der Waals surface area contributed by atoms with Crippen LogP contribution in [0.5, 0.6) is 11.5 Å². The Hall–Kier alpha value is -3.84. The molecule has 0 unspecified atom stereocenters. The lowest BCUT2D eigenvalue weighted by Gasteiger charge is -2.09. The number of alkyl halides is 1. The van der Waals surface area contributed by atoms with Gasteiger partial charge in [-0.1, -0.05) is 33.6 Å². The van der Waals surface area contributed by atoms with E-state index >= 15 is 0 Å². The number of ether oxygens (including phenoxy) is 2. The van der Waals surface area contributed by atoms with Crippen LogP contribution in [0.25, 0.3) is 0 Å². The van der Waals surface area contributed by atoms with Crippen LogP contribution in [0, 0.1) is 18.6 Å². The standard InChI is InChI=1S/C15H12BrFO2.C15H13FO2/c1-19-14-7-2-10(9-16)8-13(14)15(18)11-3-5-12(17)6-4-11;1-10-3-8-14(18-2)13(9-10)15(17)11-4-6-12(16)7-5-11/h2-8H,9H2,1H3;3-9H,1-2H3. The van der Waals surface area contributed by atoms with E-state index in [4.69, 9.17) is 9.47 Å². The maximum Gasteiger partial charge on any atom is 0.196 e. The van der Waals surface area contributed by atoms with Crippen LogP contribution in [0.4, 0.5) is 8.78 Å². The summed E-state index contributed by atoms with van der Waals surface area (Å²) in [5.74, 6) is -0.0374. The molecule has 4 aromatic rings. The first kappa shape index (κ1) is 27.7. The highest BCUT2D eigenvalue weighted by atomic mass is 79.9. The molecule has 0 atom stereocenters. The molecule has 0 saturated carbocycles. The summed E-state index contributed by atoms with van der Waals surface area (Å²) in [6.45, 7) is 1.90. The van der Waals surface area contributed by atoms with Crippen LogP contribution in [0.1, 0.15) is 43.0 Å². The van der Waals surface area contributed by atoms with Crippen LogP contribution in [0.15, 0.2) is 84.9 Å². The zero-order chi connectivity index (χ0) is 26.9. The predicted octanol–water partition coefficient (Wildman–Crippen LogP) is 7.33. The maximum absolute atomic E-state index is 12.9. The van der Waals surface area contributed by atoms with Gasteiger partial charge in [0.1, 0.15) is 23.1 Å². The van der Waals surface area contributed by atoms with Gasteiger partial charge in [-0.25, -0.2) is 8.78 Å². The summed E-state index contributed by atoms with van der Waals surface area (Å²) in [5.41, 5.74) is 3.80. The van der Waals surface area contributed by atoms with Gasteiger partial charge in [0, 0.05) is 16.5 Å². The fourth-order valence-electron chi connectivity index (χ4n) is 3.53. The molecule has 0 fully saturated rings. The molecule has 4 rings (SSSR count). The second-order valence-electron chi connectivity index (χ2n) is 8.04. The van der Waals surface area contributed by atoms with Crippen molar-refractivity contribution in [2.75, 3.05) is 14.2 Å². The first-order valence-electron chi connectivity index (χ1n) is 11.3. The van der Waals surface area contributed by atoms with E-state index in [1.165, 1.54) is 62.8 Å². The summed E-state index contributed by atoms with van der Waals surface area (Å²) in [6, 6.07) is 21.8. The number of methoxy groups -OCH3 is 2. The van der Waals surface area contributed by atoms with Crippen molar-refractivity contribution in [1.29, 1.82) is 0 Å². The summed E-state index contributed by atoms with van der Waals surface area (Å²) in [6.07, 6.45) is 0. The van der Waals surface area contributed by atoms with E-state index < -0.39 is 0 Å². The Bertz CT molecular complexity index is 1380. The largest absolute Gasteiger partial charge is 0.496 e. The molecule has 0 aromatic heterocycles. The fourth-order valence-corrected chi connectivity index (χ4v) is 3.88. The number of rotatable bonds is 7. The van der Waals surface area contributed by atoms with Gasteiger partial charge in [0.25, 0.3) is 0 Å². The molecule has 0 aliphatic heterocycles. The Balaban J connectivity index is 0.000000206. The van der Waals surface area contributed by atoms with Crippen molar-refractivity contribution < 1.29 is 27.8 Å². The molecule has 0 amide bonds. The third-order valence-electron chi connectivity index (χ3n) is 5.48. The molecular formula is C30H25BrF2O4. The van der Waals surface area contributed by atoms with Gasteiger partial charge < -0.3 is 9.47 Å². The third-order valence-corrected chi connectivity index (χ3v) is 6.12. The van der Waals surface area contributed by atoms with E-state index in [9.17, 15) is 18.4 Å². The van der Waals surface area contributed by atoms with E-state index in [1.807, 2.05) is 19.1 Å². The van der Waals surface area contributed by atoms with E-state index in [-0.39, 0.29) is 23.2 Å². The normalized spacial score (nSPS) is 10.2. The molecule has 0 bridgehead atoms. The Kier molecular flexibility index (Phi) is 9.69. The zero-order valence-corrected chi connectivity index (χ0v) is 22.1. The van der Waals surface area contributed by atoms with Crippen LogP contribution in [0.3, 0.4) is 0 Å². The summed E-state index contributed by atoms with van der Waals surface area (Å²) < 4.78 is 36.1. The minimum Gasteiger partial charge on any atom is -0.496 e. The number of aryl methyl sites for hydroxylation is 1. The van der Waals surface area contributed by atoms with Gasteiger partial charge in [0.05, 0.1) is 25.3 Å². The van der Waals surface area contributed by atoms with Crippen molar-refractivity contribution in [1.82, 2.24) is 0 Å². The topological polar surface area (TPSA) is 52.6 Å². The molecular weight excluding hydrogens is 542 g/mol. The number of hydrogen-bond donors (Lipinski definition) is 0. The molecule has 0 radical (unpaired) electrons. The minimum absolute atomic E-state index is 0.171. The lowest BCUT2D eigenvalue weighted by molar-refractivity contribution is 0.102. The molecule has 0 N–H and O–H groups in total. The second-order valence-corrected chi connectivity index (χ2v) is 8.60. The van der Waals surface area contributed by atoms with Crippen molar-refractivity contribution in [2.24, 2.45) is 0 Å². The molecule has 0 aliphatic rings. The fraction of sp³-hybridized carbons (Fsp3) is 0.133. The quantitative estimate of drug-likeness (QED) is 0.173. The summed E-state index contributed by atoms with van der Waals surface area (Å²) >= 11 is 3.35. The van der Waals surface area contributed by atoms with Gasteiger partial charge in [-0.3, -0.25) is 9.59 Å². The van der Waals surface area contributed by atoms with E-state index in [1.54, 1.807) is 24.3 Å². The van der Waals surface area contributed by atoms with Crippen molar-refractivity contribution in [3.05, 3.63) is 130 Å². The van der Waals surface area contributed by atoms with E-state index in [0.29, 0.717) is 39.1 Å². The molecule has 0 heterocycles. The van der Waals surface area contributed by atoms with Gasteiger partial charge >= 0.3 is 0 Å². The van der Waals surface area contributed by atoms with Crippen LogP contribution in [-0.4, -0.2) is 25.8 Å². The Morgan fingerprint density at radius 2 is 1.11 bits per heavy atom. The maximum atomic E-state index is 12.9. The van der Waals surface area contributed by atoms with Crippen molar-refractivity contribution in [3.63, 3.8) is 0 Å². The first-order valence-corrected chi connectivity index (χ1v) is 12.4. The molecule has 190 valence electrons. The molecule has 0 saturated heterocycles. The Labute approximate surface area is 223 Å². The Morgan fingerprint density at radius 3 is 1.54 bits per heavy atom. The molecule has 7 heteroatoms. The zero-order valence-electron chi connectivity index (χ0n) is 20.6. The summed E-state index contributed by atoms with van der Waals surface area (Å²) in [7, 11) is 3.04. The lowest BCUT2D eigenvalue weighted by Crippen LogP contribution is -2.04. The highest BCUT2D eigenvalue weighted by Gasteiger charge is 2.16. The van der Waals surface area contributed by atoms with Gasteiger partial charge in [-0.15, -0.1) is 0 Å². The number of hydrogen-bond acceptors (Lipinski definition) is 4. The number of carbonyl (C=O) groups is 2. The van der Waals surface area contributed by atoms with Gasteiger partial charge in [0.2, 0.25) is 0 Å². The number of halogens is 3. The summed E-state index contributed by atoms with van der Waals surface area (Å²) in [4.78, 5) is 24.7. The van der Waals surface area contributed by atoms with E-state index in [0.717, 1.165) is 11.1 Å².